The monoisotopic (exact) mass is 209 g/mol. The summed E-state index contributed by atoms with van der Waals surface area (Å²) < 4.78 is 5.41. The Kier molecular flexibility index (Phi) is 1.93. The number of fused-ring (bicyclic) bond motifs is 1. The van der Waals surface area contributed by atoms with Crippen LogP contribution in [0.15, 0.2) is 59.2 Å². The van der Waals surface area contributed by atoms with Crippen molar-refractivity contribution in [2.24, 2.45) is 0 Å². The highest BCUT2D eigenvalue weighted by Crippen LogP contribution is 2.35. The third-order valence-electron chi connectivity index (χ3n) is 2.72. The Balaban J connectivity index is 2.17. The van der Waals surface area contributed by atoms with Crippen LogP contribution in [-0.2, 0) is 0 Å². The van der Waals surface area contributed by atoms with Gasteiger partial charge in [-0.05, 0) is 47.5 Å². The molecule has 2 aliphatic rings. The van der Waals surface area contributed by atoms with Crippen molar-refractivity contribution in [3.63, 3.8) is 0 Å². The first-order valence-electron chi connectivity index (χ1n) is 5.17. The van der Waals surface area contributed by atoms with E-state index in [1.54, 1.807) is 6.26 Å². The largest absolute Gasteiger partial charge is 0.464 e. The third-order valence-corrected chi connectivity index (χ3v) is 2.72. The number of benzene rings is 1. The zero-order chi connectivity index (χ0) is 11.0. The van der Waals surface area contributed by atoms with Crippen molar-refractivity contribution in [1.82, 2.24) is 0 Å². The van der Waals surface area contributed by atoms with Crippen LogP contribution in [0.5, 0.6) is 0 Å². The predicted molar refractivity (Wildman–Crippen MR) is 65.2 cm³/mol. The molecule has 0 unspecified atom stereocenters. The summed E-state index contributed by atoms with van der Waals surface area (Å²) in [4.78, 5) is 0. The lowest BCUT2D eigenvalue weighted by atomic mass is 10.0. The van der Waals surface area contributed by atoms with Crippen molar-refractivity contribution in [2.45, 2.75) is 0 Å². The molecular formula is C14H11NO. The van der Waals surface area contributed by atoms with Crippen LogP contribution in [0.4, 0.5) is 5.69 Å². The molecule has 0 radical (unpaired) electrons. The zero-order valence-electron chi connectivity index (χ0n) is 8.68. The van der Waals surface area contributed by atoms with E-state index in [-0.39, 0.29) is 0 Å². The van der Waals surface area contributed by atoms with Crippen LogP contribution in [0.25, 0.3) is 22.5 Å². The second kappa shape index (κ2) is 3.42. The predicted octanol–water partition coefficient (Wildman–Crippen LogP) is 3.63. The van der Waals surface area contributed by atoms with Crippen molar-refractivity contribution in [2.75, 3.05) is 5.73 Å². The lowest BCUT2D eigenvalue weighted by Crippen LogP contribution is -1.84. The Morgan fingerprint density at radius 3 is 2.44 bits per heavy atom. The Labute approximate surface area is 93.7 Å². The fourth-order valence-corrected chi connectivity index (χ4v) is 1.91. The molecule has 0 aromatic heterocycles. The molecule has 3 rings (SSSR count). The normalized spacial score (nSPS) is 10.8. The van der Waals surface area contributed by atoms with Crippen LogP contribution < -0.4 is 5.73 Å². The van der Waals surface area contributed by atoms with Gasteiger partial charge in [-0.15, -0.1) is 0 Å². The maximum atomic E-state index is 5.67. The van der Waals surface area contributed by atoms with Gasteiger partial charge in [-0.3, -0.25) is 0 Å². The van der Waals surface area contributed by atoms with Crippen molar-refractivity contribution in [1.29, 1.82) is 0 Å². The first kappa shape index (κ1) is 9.04. The molecule has 1 aromatic carbocycles. The Morgan fingerprint density at radius 2 is 1.62 bits per heavy atom. The molecule has 16 heavy (non-hydrogen) atoms. The van der Waals surface area contributed by atoms with E-state index in [0.29, 0.717) is 0 Å². The smallest absolute Gasteiger partial charge is 0.134 e. The highest BCUT2D eigenvalue weighted by Gasteiger charge is 2.11. The summed E-state index contributed by atoms with van der Waals surface area (Å²) in [7, 11) is 0. The number of hydrogen-bond donors (Lipinski definition) is 1. The van der Waals surface area contributed by atoms with Crippen LogP contribution >= 0.6 is 0 Å². The van der Waals surface area contributed by atoms with Crippen LogP contribution in [-0.4, -0.2) is 0 Å². The minimum atomic E-state index is 0.782. The molecule has 0 saturated heterocycles. The number of nitrogens with two attached hydrogens (primary N) is 1. The summed E-state index contributed by atoms with van der Waals surface area (Å²) in [6.07, 6.45) is 1.69. The Hall–Kier alpha value is -2.22. The second-order valence-electron chi connectivity index (χ2n) is 3.76. The summed E-state index contributed by atoms with van der Waals surface area (Å²) in [5.41, 5.74) is 9.93. The van der Waals surface area contributed by atoms with E-state index < -0.39 is 0 Å². The molecule has 1 aromatic rings. The fraction of sp³-hybridized carbons (Fsp3) is 0. The van der Waals surface area contributed by atoms with Gasteiger partial charge in [0.15, 0.2) is 0 Å². The third kappa shape index (κ3) is 1.36. The number of rotatable bonds is 1. The lowest BCUT2D eigenvalue weighted by molar-refractivity contribution is 0.567. The minimum Gasteiger partial charge on any atom is -0.464 e. The molecule has 0 bridgehead atoms. The van der Waals surface area contributed by atoms with E-state index in [4.69, 9.17) is 10.2 Å². The molecule has 0 amide bonds. The minimum absolute atomic E-state index is 0.782. The van der Waals surface area contributed by atoms with Crippen molar-refractivity contribution in [3.8, 4) is 22.5 Å². The van der Waals surface area contributed by atoms with Gasteiger partial charge in [0, 0.05) is 11.3 Å². The summed E-state index contributed by atoms with van der Waals surface area (Å²) >= 11 is 0. The van der Waals surface area contributed by atoms with Gasteiger partial charge in [0.25, 0.3) is 0 Å². The van der Waals surface area contributed by atoms with Gasteiger partial charge in [0.05, 0.1) is 6.26 Å². The lowest BCUT2D eigenvalue weighted by Gasteiger charge is -2.03. The van der Waals surface area contributed by atoms with Gasteiger partial charge in [0.2, 0.25) is 0 Å². The van der Waals surface area contributed by atoms with E-state index in [2.05, 4.69) is 12.1 Å². The maximum Gasteiger partial charge on any atom is 0.134 e. The summed E-state index contributed by atoms with van der Waals surface area (Å²) in [6.45, 7) is 0. The molecular weight excluding hydrogens is 198 g/mol. The highest BCUT2D eigenvalue weighted by molar-refractivity contribution is 5.84. The molecule has 1 aliphatic heterocycles. The molecule has 1 aliphatic carbocycles. The van der Waals surface area contributed by atoms with Crippen LogP contribution in [0.2, 0.25) is 0 Å². The van der Waals surface area contributed by atoms with E-state index in [1.807, 2.05) is 36.4 Å². The van der Waals surface area contributed by atoms with E-state index >= 15 is 0 Å². The molecule has 1 heterocycles. The van der Waals surface area contributed by atoms with Crippen LogP contribution in [0, 0.1) is 0 Å². The molecule has 2 N–H and O–H groups in total. The van der Waals surface area contributed by atoms with Gasteiger partial charge >= 0.3 is 0 Å². The quantitative estimate of drug-likeness (QED) is 0.621. The molecule has 0 fully saturated rings. The van der Waals surface area contributed by atoms with E-state index in [0.717, 1.165) is 22.6 Å². The van der Waals surface area contributed by atoms with E-state index in [9.17, 15) is 0 Å². The van der Waals surface area contributed by atoms with Crippen molar-refractivity contribution in [3.05, 3.63) is 54.8 Å². The van der Waals surface area contributed by atoms with Gasteiger partial charge in [-0.25, -0.2) is 0 Å². The highest BCUT2D eigenvalue weighted by atomic mass is 16.3. The summed E-state index contributed by atoms with van der Waals surface area (Å²) in [5, 5.41) is 0. The Morgan fingerprint density at radius 1 is 0.812 bits per heavy atom. The van der Waals surface area contributed by atoms with E-state index in [1.165, 1.54) is 5.56 Å². The molecule has 2 nitrogen and oxygen atoms in total. The van der Waals surface area contributed by atoms with Crippen molar-refractivity contribution >= 4 is 5.69 Å². The summed E-state index contributed by atoms with van der Waals surface area (Å²) in [5.74, 6) is 0.911. The zero-order valence-corrected chi connectivity index (χ0v) is 8.68. The first-order valence-corrected chi connectivity index (χ1v) is 5.17. The average Bonchev–Trinajstić information content (AvgIpc) is 2.74. The van der Waals surface area contributed by atoms with Crippen molar-refractivity contribution < 1.29 is 4.42 Å². The van der Waals surface area contributed by atoms with Gasteiger partial charge in [-0.1, -0.05) is 12.1 Å². The molecule has 2 heteroatoms. The SMILES string of the molecule is Nc1ccc(-c2ccc3occcc2-3)cc1. The van der Waals surface area contributed by atoms with Crippen LogP contribution in [0.3, 0.4) is 0 Å². The van der Waals surface area contributed by atoms with Gasteiger partial charge in [0.1, 0.15) is 5.76 Å². The van der Waals surface area contributed by atoms with Gasteiger partial charge in [-0.2, -0.15) is 0 Å². The number of nitrogen functional groups attached to an aromatic ring is 1. The molecule has 0 atom stereocenters. The average molecular weight is 209 g/mol. The number of anilines is 1. The van der Waals surface area contributed by atoms with Gasteiger partial charge < -0.3 is 10.2 Å². The summed E-state index contributed by atoms with van der Waals surface area (Å²) in [6, 6.07) is 15.9. The topological polar surface area (TPSA) is 39.2 Å². The molecule has 0 saturated carbocycles. The Bertz CT molecular complexity index is 580. The van der Waals surface area contributed by atoms with Crippen LogP contribution in [0.1, 0.15) is 0 Å². The maximum absolute atomic E-state index is 5.67. The number of hydrogen-bond acceptors (Lipinski definition) is 2. The molecule has 0 spiro atoms. The second-order valence-corrected chi connectivity index (χ2v) is 3.76. The standard InChI is InChI=1S/C14H11NO/c15-11-5-3-10(4-6-11)12-7-8-14-13(12)2-1-9-16-14/h1-9H,15H2. The fourth-order valence-electron chi connectivity index (χ4n) is 1.91. The first-order chi connectivity index (χ1) is 7.84. The molecule has 78 valence electrons.